The molecule has 11 heteroatoms. The molecule has 0 saturated carbocycles. The lowest BCUT2D eigenvalue weighted by Crippen LogP contribution is -2.29. The van der Waals surface area contributed by atoms with E-state index in [1.807, 2.05) is 6.07 Å². The fourth-order valence-corrected chi connectivity index (χ4v) is 3.05. The van der Waals surface area contributed by atoms with Crippen LogP contribution in [0.25, 0.3) is 22.1 Å². The highest BCUT2D eigenvalue weighted by molar-refractivity contribution is 5.94. The number of benzene rings is 1. The number of rotatable bonds is 4. The minimum atomic E-state index is -0.801. The molecule has 28 heavy (non-hydrogen) atoms. The van der Waals surface area contributed by atoms with Crippen LogP contribution in [0.3, 0.4) is 0 Å². The Labute approximate surface area is 156 Å². The van der Waals surface area contributed by atoms with Crippen molar-refractivity contribution in [2.75, 3.05) is 0 Å². The first-order chi connectivity index (χ1) is 13.4. The molecular formula is C17H17N7O4. The first-order valence-electron chi connectivity index (χ1n) is 8.46. The van der Waals surface area contributed by atoms with E-state index in [0.29, 0.717) is 10.9 Å². The number of aromatic amines is 2. The van der Waals surface area contributed by atoms with Crippen molar-refractivity contribution in [1.82, 2.24) is 24.1 Å². The van der Waals surface area contributed by atoms with Crippen molar-refractivity contribution in [3.8, 4) is 5.88 Å². The molecule has 4 N–H and O–H groups in total. The largest absolute Gasteiger partial charge is 0.493 e. The van der Waals surface area contributed by atoms with Gasteiger partial charge in [-0.15, -0.1) is 10.2 Å². The summed E-state index contributed by atoms with van der Waals surface area (Å²) in [5.74, 6) is -0.138. The molecular weight excluding hydrogens is 366 g/mol. The van der Waals surface area contributed by atoms with Crippen LogP contribution in [0.4, 0.5) is 11.6 Å². The van der Waals surface area contributed by atoms with Crippen molar-refractivity contribution >= 4 is 33.7 Å². The molecule has 4 rings (SSSR count). The molecule has 3 aromatic heterocycles. The van der Waals surface area contributed by atoms with E-state index in [0.717, 1.165) is 0 Å². The van der Waals surface area contributed by atoms with Gasteiger partial charge in [0.15, 0.2) is 16.9 Å². The second-order valence-electron chi connectivity index (χ2n) is 6.43. The summed E-state index contributed by atoms with van der Waals surface area (Å²) in [4.78, 5) is 33.4. The van der Waals surface area contributed by atoms with Crippen molar-refractivity contribution in [2.24, 2.45) is 17.3 Å². The van der Waals surface area contributed by atoms with Gasteiger partial charge in [0.1, 0.15) is 0 Å². The molecule has 144 valence electrons. The lowest BCUT2D eigenvalue weighted by atomic mass is 10.2. The third-order valence-electron chi connectivity index (χ3n) is 4.33. The van der Waals surface area contributed by atoms with E-state index in [4.69, 9.17) is 0 Å². The van der Waals surface area contributed by atoms with E-state index < -0.39 is 17.4 Å². The summed E-state index contributed by atoms with van der Waals surface area (Å²) in [7, 11) is 1.47. The Balaban J connectivity index is 1.93. The van der Waals surface area contributed by atoms with E-state index in [9.17, 15) is 19.8 Å². The molecule has 0 radical (unpaired) electrons. The highest BCUT2D eigenvalue weighted by Crippen LogP contribution is 2.36. The number of hydrogen-bond donors (Lipinski definition) is 4. The lowest BCUT2D eigenvalue weighted by Gasteiger charge is -2.07. The maximum Gasteiger partial charge on any atom is 0.329 e. The van der Waals surface area contributed by atoms with Gasteiger partial charge in [-0.2, -0.15) is 4.98 Å². The fraction of sp³-hybridized carbons (Fsp3) is 0.235. The van der Waals surface area contributed by atoms with E-state index in [2.05, 4.69) is 25.2 Å². The van der Waals surface area contributed by atoms with Crippen molar-refractivity contribution in [3.63, 3.8) is 0 Å². The number of aryl methyl sites for hydroxylation is 1. The Hall–Kier alpha value is -3.73. The Morgan fingerprint density at radius 3 is 2.71 bits per heavy atom. The molecule has 0 aliphatic rings. The predicted octanol–water partition coefficient (Wildman–Crippen LogP) is 1.41. The molecule has 1 atom stereocenters. The summed E-state index contributed by atoms with van der Waals surface area (Å²) in [5.41, 5.74) is -0.134. The number of aliphatic hydroxyl groups excluding tert-OH is 1. The Morgan fingerprint density at radius 1 is 1.21 bits per heavy atom. The molecule has 3 heterocycles. The Kier molecular flexibility index (Phi) is 4.08. The minimum absolute atomic E-state index is 0.0198. The van der Waals surface area contributed by atoms with Crippen LogP contribution in [0.5, 0.6) is 5.88 Å². The van der Waals surface area contributed by atoms with Crippen molar-refractivity contribution in [3.05, 3.63) is 45.1 Å². The normalized spacial score (nSPS) is 13.1. The van der Waals surface area contributed by atoms with Crippen LogP contribution >= 0.6 is 0 Å². The number of nitrogens with one attached hydrogen (secondary N) is 2. The average Bonchev–Trinajstić information content (AvgIpc) is 3.15. The zero-order valence-corrected chi connectivity index (χ0v) is 15.0. The molecule has 11 nitrogen and oxygen atoms in total. The van der Waals surface area contributed by atoms with Crippen molar-refractivity contribution in [2.45, 2.75) is 19.6 Å². The quantitative estimate of drug-likeness (QED) is 0.392. The molecule has 0 fully saturated rings. The third kappa shape index (κ3) is 2.77. The number of para-hydroxylation sites is 1. The fourth-order valence-electron chi connectivity index (χ4n) is 3.05. The van der Waals surface area contributed by atoms with E-state index >= 15 is 0 Å². The molecule has 0 aliphatic carbocycles. The Bertz CT molecular complexity index is 1340. The predicted molar refractivity (Wildman–Crippen MR) is 101 cm³/mol. The van der Waals surface area contributed by atoms with E-state index in [1.54, 1.807) is 25.1 Å². The second-order valence-corrected chi connectivity index (χ2v) is 6.43. The molecule has 1 aromatic carbocycles. The molecule has 0 saturated heterocycles. The number of imidazole rings is 1. The first-order valence-corrected chi connectivity index (χ1v) is 8.46. The number of H-pyrrole nitrogens is 2. The van der Waals surface area contributed by atoms with Crippen LogP contribution in [-0.4, -0.2) is 40.4 Å². The van der Waals surface area contributed by atoms with Crippen molar-refractivity contribution in [1.29, 1.82) is 0 Å². The van der Waals surface area contributed by atoms with Gasteiger partial charge in [0.25, 0.3) is 11.5 Å². The zero-order chi connectivity index (χ0) is 20.0. The highest BCUT2D eigenvalue weighted by Gasteiger charge is 2.19. The average molecular weight is 383 g/mol. The smallest absolute Gasteiger partial charge is 0.329 e. The lowest BCUT2D eigenvalue weighted by molar-refractivity contribution is 0.175. The summed E-state index contributed by atoms with van der Waals surface area (Å²) in [6.07, 6.45) is -0.801. The minimum Gasteiger partial charge on any atom is -0.493 e. The molecule has 0 aliphatic heterocycles. The zero-order valence-electron chi connectivity index (χ0n) is 15.0. The standard InChI is InChI=1S/C17H17N7O4/c1-8(25)7-24-12-13(23(2)17(28)20-15(12)27)19-16(24)22-21-11-9-5-3-4-6-10(9)18-14(11)26/h3-6,8,18,25-26H,7H2,1-2H3,(H,20,27,28). The number of aromatic hydroxyl groups is 1. The number of hydrogen-bond acceptors (Lipinski definition) is 7. The summed E-state index contributed by atoms with van der Waals surface area (Å²) in [6, 6.07) is 7.17. The number of aromatic nitrogens is 5. The van der Waals surface area contributed by atoms with Gasteiger partial charge in [-0.05, 0) is 13.0 Å². The maximum absolute atomic E-state index is 12.3. The van der Waals surface area contributed by atoms with Crippen LogP contribution < -0.4 is 11.2 Å². The van der Waals surface area contributed by atoms with Gasteiger partial charge in [0.2, 0.25) is 5.88 Å². The summed E-state index contributed by atoms with van der Waals surface area (Å²) in [6.45, 7) is 1.57. The van der Waals surface area contributed by atoms with Crippen LogP contribution in [0.2, 0.25) is 0 Å². The van der Waals surface area contributed by atoms with E-state index in [-0.39, 0.29) is 35.2 Å². The van der Waals surface area contributed by atoms with Crippen LogP contribution in [-0.2, 0) is 13.6 Å². The van der Waals surface area contributed by atoms with E-state index in [1.165, 1.54) is 16.2 Å². The number of aliphatic hydroxyl groups is 1. The van der Waals surface area contributed by atoms with Gasteiger partial charge in [0, 0.05) is 12.4 Å². The van der Waals surface area contributed by atoms with Gasteiger partial charge in [0.05, 0.1) is 18.2 Å². The topological polar surface area (TPSA) is 154 Å². The molecule has 4 aromatic rings. The third-order valence-corrected chi connectivity index (χ3v) is 4.33. The maximum atomic E-state index is 12.3. The number of fused-ring (bicyclic) bond motifs is 2. The van der Waals surface area contributed by atoms with Gasteiger partial charge >= 0.3 is 5.69 Å². The van der Waals surface area contributed by atoms with Gasteiger partial charge in [-0.1, -0.05) is 18.2 Å². The number of azo groups is 1. The second kappa shape index (κ2) is 6.46. The van der Waals surface area contributed by atoms with Crippen LogP contribution in [0, 0.1) is 0 Å². The number of nitrogens with zero attached hydrogens (tertiary/aromatic N) is 5. The monoisotopic (exact) mass is 383 g/mol. The highest BCUT2D eigenvalue weighted by atomic mass is 16.3. The molecule has 1 unspecified atom stereocenters. The van der Waals surface area contributed by atoms with Crippen LogP contribution in [0.15, 0.2) is 44.1 Å². The van der Waals surface area contributed by atoms with Crippen molar-refractivity contribution < 1.29 is 10.2 Å². The molecule has 0 spiro atoms. The summed E-state index contributed by atoms with van der Waals surface area (Å²) < 4.78 is 2.56. The van der Waals surface area contributed by atoms with Gasteiger partial charge in [-0.25, -0.2) is 4.79 Å². The summed E-state index contributed by atoms with van der Waals surface area (Å²) >= 11 is 0. The van der Waals surface area contributed by atoms with Crippen LogP contribution in [0.1, 0.15) is 6.92 Å². The molecule has 0 bridgehead atoms. The van der Waals surface area contributed by atoms with Gasteiger partial charge in [-0.3, -0.25) is 18.9 Å². The molecule has 0 amide bonds. The SMILES string of the molecule is CC(O)Cn1c(N=Nc2c(O)[nH]c3ccccc23)nc2c1c(=O)[nH]c(=O)n2C. The van der Waals surface area contributed by atoms with Gasteiger partial charge < -0.3 is 15.2 Å². The Morgan fingerprint density at radius 2 is 1.96 bits per heavy atom. The first kappa shape index (κ1) is 17.7. The summed E-state index contributed by atoms with van der Waals surface area (Å²) in [5, 5.41) is 28.8.